The van der Waals surface area contributed by atoms with Gasteiger partial charge in [-0.05, 0) is 54.4 Å². The molecule has 0 fully saturated rings. The number of hydrogen-bond donors (Lipinski definition) is 2. The first kappa shape index (κ1) is 20.9. The zero-order valence-corrected chi connectivity index (χ0v) is 18.5. The third kappa shape index (κ3) is 3.93. The third-order valence-electron chi connectivity index (χ3n) is 6.43. The number of para-hydroxylation sites is 1. The van der Waals surface area contributed by atoms with Crippen molar-refractivity contribution in [2.45, 2.75) is 19.1 Å². The van der Waals surface area contributed by atoms with Gasteiger partial charge in [0, 0.05) is 53.2 Å². The first-order valence-corrected chi connectivity index (χ1v) is 11.4. The number of halogens is 1. The minimum Gasteiger partial charge on any atom is -0.491 e. The summed E-state index contributed by atoms with van der Waals surface area (Å²) in [5, 5.41) is 16.6. The number of rotatable bonds is 6. The molecule has 6 rings (SSSR count). The average molecular weight is 458 g/mol. The van der Waals surface area contributed by atoms with Crippen molar-refractivity contribution >= 4 is 21.8 Å². The summed E-state index contributed by atoms with van der Waals surface area (Å²) in [5.74, 6) is 0.901. The molecule has 0 saturated carbocycles. The molecule has 3 aromatic carbocycles. The van der Waals surface area contributed by atoms with Crippen LogP contribution < -0.4 is 4.74 Å². The minimum atomic E-state index is -0.598. The lowest BCUT2D eigenvalue weighted by Crippen LogP contribution is -2.38. The van der Waals surface area contributed by atoms with E-state index in [0.29, 0.717) is 23.6 Å². The molecule has 34 heavy (non-hydrogen) atoms. The van der Waals surface area contributed by atoms with Gasteiger partial charge in [0.05, 0.1) is 0 Å². The molecule has 1 aliphatic rings. The van der Waals surface area contributed by atoms with Crippen LogP contribution in [0.5, 0.6) is 5.75 Å². The van der Waals surface area contributed by atoms with Crippen LogP contribution in [0.15, 0.2) is 71.3 Å². The van der Waals surface area contributed by atoms with Crippen molar-refractivity contribution in [3.63, 3.8) is 0 Å². The zero-order chi connectivity index (χ0) is 23.1. The fraction of sp³-hybridized carbons (Fsp3) is 0.222. The smallest absolute Gasteiger partial charge is 0.174 e. The maximum atomic E-state index is 13.4. The van der Waals surface area contributed by atoms with E-state index in [9.17, 15) is 9.50 Å². The van der Waals surface area contributed by atoms with Crippen molar-refractivity contribution in [1.29, 1.82) is 0 Å². The Bertz CT molecular complexity index is 1460. The van der Waals surface area contributed by atoms with Crippen LogP contribution in [-0.4, -0.2) is 45.9 Å². The van der Waals surface area contributed by atoms with Crippen molar-refractivity contribution in [3.05, 3.63) is 83.8 Å². The lowest BCUT2D eigenvalue weighted by molar-refractivity contribution is 0.0634. The Morgan fingerprint density at radius 3 is 2.82 bits per heavy atom. The Labute approximate surface area is 195 Å². The summed E-state index contributed by atoms with van der Waals surface area (Å²) in [4.78, 5) is 5.78. The summed E-state index contributed by atoms with van der Waals surface area (Å²) >= 11 is 0. The number of H-pyrrole nitrogens is 1. The van der Waals surface area contributed by atoms with E-state index in [0.717, 1.165) is 30.5 Å². The minimum absolute atomic E-state index is 0.208. The number of fused-ring (bicyclic) bond motifs is 4. The number of ether oxygens (including phenoxy) is 1. The second-order valence-corrected chi connectivity index (χ2v) is 8.78. The summed E-state index contributed by atoms with van der Waals surface area (Å²) in [7, 11) is 0. The van der Waals surface area contributed by atoms with Gasteiger partial charge in [-0.3, -0.25) is 4.90 Å². The van der Waals surface area contributed by atoms with Gasteiger partial charge >= 0.3 is 0 Å². The summed E-state index contributed by atoms with van der Waals surface area (Å²) in [6.07, 6.45) is 0.371. The van der Waals surface area contributed by atoms with Gasteiger partial charge in [0.15, 0.2) is 5.76 Å². The maximum absolute atomic E-state index is 13.4. The normalized spacial score (nSPS) is 15.0. The number of nitrogens with one attached hydrogen (secondary N) is 1. The van der Waals surface area contributed by atoms with Crippen LogP contribution in [0.3, 0.4) is 0 Å². The summed E-state index contributed by atoms with van der Waals surface area (Å²) < 4.78 is 24.6. The molecule has 2 aromatic heterocycles. The molecular formula is C27H24FN3O3. The maximum Gasteiger partial charge on any atom is 0.174 e. The number of benzene rings is 3. The number of aromatic nitrogens is 2. The molecule has 0 spiro atoms. The Balaban J connectivity index is 1.06. The van der Waals surface area contributed by atoms with Crippen molar-refractivity contribution in [2.24, 2.45) is 0 Å². The van der Waals surface area contributed by atoms with E-state index in [-0.39, 0.29) is 12.4 Å². The van der Waals surface area contributed by atoms with Gasteiger partial charge in [0.25, 0.3) is 0 Å². The lowest BCUT2D eigenvalue weighted by atomic mass is 10.0. The van der Waals surface area contributed by atoms with Gasteiger partial charge in [0.1, 0.15) is 29.8 Å². The van der Waals surface area contributed by atoms with Crippen LogP contribution in [0.2, 0.25) is 0 Å². The Kier molecular flexibility index (Phi) is 5.28. The highest BCUT2D eigenvalue weighted by molar-refractivity contribution is 5.91. The van der Waals surface area contributed by atoms with Gasteiger partial charge in [-0.2, -0.15) is 0 Å². The van der Waals surface area contributed by atoms with Crippen LogP contribution >= 0.6 is 0 Å². The number of β-amino-alcohol motifs (C(OH)–C–C–N with tert-alkyl or cyclic N) is 1. The van der Waals surface area contributed by atoms with E-state index in [1.165, 1.54) is 34.3 Å². The van der Waals surface area contributed by atoms with Crippen LogP contribution in [0.1, 0.15) is 11.3 Å². The average Bonchev–Trinajstić information content (AvgIpc) is 3.43. The van der Waals surface area contributed by atoms with Gasteiger partial charge in [-0.15, -0.1) is 0 Å². The SMILES string of the molecule is O[C@H](COc1ccc(-c2onc3cc(F)ccc23)cc1)CN1CCc2c([nH]c3ccccc23)C1. The standard InChI is InChI=1S/C27H24FN3O3/c28-18-7-10-23-25(13-18)30-34-27(23)17-5-8-20(9-6-17)33-16-19(32)14-31-12-11-22-21-3-1-2-4-24(21)29-26(22)15-31/h1-10,13,19,29,32H,11-12,14-16H2/t19-/m0/s1. The van der Waals surface area contributed by atoms with Crippen molar-refractivity contribution in [2.75, 3.05) is 19.7 Å². The molecule has 1 aliphatic heterocycles. The number of nitrogens with zero attached hydrogens (tertiary/aromatic N) is 2. The van der Waals surface area contributed by atoms with E-state index in [1.54, 1.807) is 6.07 Å². The van der Waals surface area contributed by atoms with Gasteiger partial charge in [-0.25, -0.2) is 4.39 Å². The van der Waals surface area contributed by atoms with Gasteiger partial charge in [-0.1, -0.05) is 23.4 Å². The summed E-state index contributed by atoms with van der Waals surface area (Å²) in [6, 6.07) is 20.2. The molecule has 3 heterocycles. The lowest BCUT2D eigenvalue weighted by Gasteiger charge is -2.28. The monoisotopic (exact) mass is 457 g/mol. The number of aliphatic hydroxyl groups excluding tert-OH is 1. The molecule has 6 nitrogen and oxygen atoms in total. The fourth-order valence-corrected chi connectivity index (χ4v) is 4.78. The number of hydrogen-bond acceptors (Lipinski definition) is 5. The first-order valence-electron chi connectivity index (χ1n) is 11.4. The van der Waals surface area contributed by atoms with Crippen LogP contribution in [-0.2, 0) is 13.0 Å². The van der Waals surface area contributed by atoms with E-state index < -0.39 is 6.10 Å². The zero-order valence-electron chi connectivity index (χ0n) is 18.5. The summed E-state index contributed by atoms with van der Waals surface area (Å²) in [5.41, 5.74) is 5.11. The molecule has 1 atom stereocenters. The topological polar surface area (TPSA) is 74.5 Å². The van der Waals surface area contributed by atoms with Crippen molar-refractivity contribution in [1.82, 2.24) is 15.0 Å². The molecule has 0 bridgehead atoms. The highest BCUT2D eigenvalue weighted by atomic mass is 19.1. The molecule has 0 saturated heterocycles. The molecular weight excluding hydrogens is 433 g/mol. The number of aromatic amines is 1. The van der Waals surface area contributed by atoms with E-state index in [1.807, 2.05) is 30.3 Å². The molecule has 5 aromatic rings. The first-order chi connectivity index (χ1) is 16.6. The highest BCUT2D eigenvalue weighted by Gasteiger charge is 2.22. The third-order valence-corrected chi connectivity index (χ3v) is 6.43. The Morgan fingerprint density at radius 2 is 1.94 bits per heavy atom. The van der Waals surface area contributed by atoms with E-state index >= 15 is 0 Å². The molecule has 0 unspecified atom stereocenters. The predicted octanol–water partition coefficient (Wildman–Crippen LogP) is 4.91. The largest absolute Gasteiger partial charge is 0.491 e. The predicted molar refractivity (Wildman–Crippen MR) is 128 cm³/mol. The highest BCUT2D eigenvalue weighted by Crippen LogP contribution is 2.30. The molecule has 0 radical (unpaired) electrons. The van der Waals surface area contributed by atoms with Crippen LogP contribution in [0.4, 0.5) is 4.39 Å². The Morgan fingerprint density at radius 1 is 1.09 bits per heavy atom. The quantitative estimate of drug-likeness (QED) is 0.379. The van der Waals surface area contributed by atoms with Crippen LogP contribution in [0, 0.1) is 5.82 Å². The molecule has 0 amide bonds. The second-order valence-electron chi connectivity index (χ2n) is 8.78. The van der Waals surface area contributed by atoms with Gasteiger partial charge < -0.3 is 19.4 Å². The number of aliphatic hydroxyl groups is 1. The van der Waals surface area contributed by atoms with Crippen LogP contribution in [0.25, 0.3) is 33.1 Å². The molecule has 2 N–H and O–H groups in total. The molecule has 7 heteroatoms. The van der Waals surface area contributed by atoms with Gasteiger partial charge in [0.2, 0.25) is 0 Å². The molecule has 0 aliphatic carbocycles. The Hall–Kier alpha value is -3.68. The summed E-state index contributed by atoms with van der Waals surface area (Å²) in [6.45, 7) is 2.47. The van der Waals surface area contributed by atoms with E-state index in [2.05, 4.69) is 33.2 Å². The van der Waals surface area contributed by atoms with Crippen molar-refractivity contribution < 1.29 is 18.8 Å². The van der Waals surface area contributed by atoms with E-state index in [4.69, 9.17) is 9.26 Å². The molecule has 172 valence electrons. The second kappa shape index (κ2) is 8.59. The van der Waals surface area contributed by atoms with Crippen molar-refractivity contribution in [3.8, 4) is 17.1 Å². The fourth-order valence-electron chi connectivity index (χ4n) is 4.78.